The smallest absolute Gasteiger partial charge is 0.387 e. The molecule has 2 aromatic rings. The van der Waals surface area contributed by atoms with E-state index in [2.05, 4.69) is 27.5 Å². The van der Waals surface area contributed by atoms with Gasteiger partial charge in [-0.25, -0.2) is 0 Å². The van der Waals surface area contributed by atoms with Crippen molar-refractivity contribution in [3.63, 3.8) is 0 Å². The lowest BCUT2D eigenvalue weighted by molar-refractivity contribution is -0.0505. The van der Waals surface area contributed by atoms with Gasteiger partial charge in [0.05, 0.1) is 0 Å². The van der Waals surface area contributed by atoms with Gasteiger partial charge in [-0.1, -0.05) is 48.5 Å². The number of hydrogen-bond donors (Lipinski definition) is 2. The highest BCUT2D eigenvalue weighted by Crippen LogP contribution is 2.25. The standard InChI is InChI=1S/C18H20F2N2O/c19-18(20)23-16-9-5-4-8-14(16)12-22-15-10-11-21-17(15)13-6-2-1-3-7-13/h1-9,15,17-18,21-22H,10-12H2. The maximum absolute atomic E-state index is 12.5. The number of alkyl halides is 2. The molecule has 1 saturated heterocycles. The molecule has 1 aliphatic rings. The predicted molar refractivity (Wildman–Crippen MR) is 85.5 cm³/mol. The normalized spacial score (nSPS) is 20.8. The summed E-state index contributed by atoms with van der Waals surface area (Å²) in [5.41, 5.74) is 1.98. The third kappa shape index (κ3) is 4.06. The van der Waals surface area contributed by atoms with Gasteiger partial charge in [-0.05, 0) is 24.6 Å². The van der Waals surface area contributed by atoms with Gasteiger partial charge in [-0.15, -0.1) is 0 Å². The van der Waals surface area contributed by atoms with Crippen molar-refractivity contribution in [2.24, 2.45) is 0 Å². The Balaban J connectivity index is 1.66. The van der Waals surface area contributed by atoms with Gasteiger partial charge in [0.25, 0.3) is 0 Å². The summed E-state index contributed by atoms with van der Waals surface area (Å²) in [6.07, 6.45) is 0.997. The van der Waals surface area contributed by atoms with Gasteiger partial charge in [0.15, 0.2) is 0 Å². The molecule has 3 rings (SSSR count). The van der Waals surface area contributed by atoms with E-state index in [1.165, 1.54) is 5.56 Å². The van der Waals surface area contributed by atoms with Gasteiger partial charge < -0.3 is 15.4 Å². The largest absolute Gasteiger partial charge is 0.434 e. The summed E-state index contributed by atoms with van der Waals surface area (Å²) in [5.74, 6) is 0.234. The van der Waals surface area contributed by atoms with Crippen LogP contribution in [-0.2, 0) is 6.54 Å². The lowest BCUT2D eigenvalue weighted by atomic mass is 10.0. The quantitative estimate of drug-likeness (QED) is 0.855. The van der Waals surface area contributed by atoms with Crippen LogP contribution in [0, 0.1) is 0 Å². The van der Waals surface area contributed by atoms with Crippen LogP contribution in [0.1, 0.15) is 23.6 Å². The fourth-order valence-electron chi connectivity index (χ4n) is 3.04. The summed E-state index contributed by atoms with van der Waals surface area (Å²) in [4.78, 5) is 0. The second-order valence-corrected chi connectivity index (χ2v) is 5.60. The first-order valence-electron chi connectivity index (χ1n) is 7.78. The molecule has 2 unspecified atom stereocenters. The third-order valence-electron chi connectivity index (χ3n) is 4.12. The average Bonchev–Trinajstić information content (AvgIpc) is 3.03. The molecule has 2 atom stereocenters. The van der Waals surface area contributed by atoms with Gasteiger partial charge in [0, 0.05) is 24.2 Å². The van der Waals surface area contributed by atoms with Gasteiger partial charge >= 0.3 is 6.61 Å². The van der Waals surface area contributed by atoms with E-state index in [4.69, 9.17) is 0 Å². The van der Waals surface area contributed by atoms with Crippen molar-refractivity contribution in [3.05, 3.63) is 65.7 Å². The van der Waals surface area contributed by atoms with Crippen molar-refractivity contribution in [2.75, 3.05) is 6.54 Å². The van der Waals surface area contributed by atoms with E-state index < -0.39 is 6.61 Å². The van der Waals surface area contributed by atoms with E-state index in [0.29, 0.717) is 6.54 Å². The van der Waals surface area contributed by atoms with Crippen LogP contribution >= 0.6 is 0 Å². The van der Waals surface area contributed by atoms with E-state index in [1.807, 2.05) is 30.3 Å². The second-order valence-electron chi connectivity index (χ2n) is 5.60. The van der Waals surface area contributed by atoms with Crippen molar-refractivity contribution >= 4 is 0 Å². The molecule has 3 nitrogen and oxygen atoms in total. The van der Waals surface area contributed by atoms with Crippen LogP contribution in [0.5, 0.6) is 5.75 Å². The number of benzene rings is 2. The van der Waals surface area contributed by atoms with Crippen LogP contribution in [0.3, 0.4) is 0 Å². The number of para-hydroxylation sites is 1. The van der Waals surface area contributed by atoms with Crippen LogP contribution in [-0.4, -0.2) is 19.2 Å². The monoisotopic (exact) mass is 318 g/mol. The van der Waals surface area contributed by atoms with Crippen molar-refractivity contribution in [1.82, 2.24) is 10.6 Å². The first kappa shape index (κ1) is 15.9. The molecule has 1 heterocycles. The molecule has 0 amide bonds. The van der Waals surface area contributed by atoms with E-state index in [-0.39, 0.29) is 17.8 Å². The number of hydrogen-bond acceptors (Lipinski definition) is 3. The van der Waals surface area contributed by atoms with Crippen LogP contribution < -0.4 is 15.4 Å². The molecule has 0 saturated carbocycles. The summed E-state index contributed by atoms with van der Waals surface area (Å²) in [7, 11) is 0. The summed E-state index contributed by atoms with van der Waals surface area (Å²) in [6, 6.07) is 17.7. The lowest BCUT2D eigenvalue weighted by Crippen LogP contribution is -2.34. The van der Waals surface area contributed by atoms with E-state index >= 15 is 0 Å². The maximum Gasteiger partial charge on any atom is 0.387 e. The second kappa shape index (κ2) is 7.53. The molecule has 0 bridgehead atoms. The maximum atomic E-state index is 12.5. The predicted octanol–water partition coefficient (Wildman–Crippen LogP) is 3.48. The first-order valence-corrected chi connectivity index (χ1v) is 7.78. The van der Waals surface area contributed by atoms with Crippen molar-refractivity contribution in [2.45, 2.75) is 31.7 Å². The lowest BCUT2D eigenvalue weighted by Gasteiger charge is -2.22. The molecule has 1 fully saturated rings. The summed E-state index contributed by atoms with van der Waals surface area (Å²) >= 11 is 0. The molecule has 2 N–H and O–H groups in total. The van der Waals surface area contributed by atoms with E-state index in [9.17, 15) is 8.78 Å². The number of halogens is 2. The van der Waals surface area contributed by atoms with Crippen molar-refractivity contribution in [1.29, 1.82) is 0 Å². The highest BCUT2D eigenvalue weighted by Gasteiger charge is 2.27. The molecule has 0 radical (unpaired) electrons. The highest BCUT2D eigenvalue weighted by molar-refractivity contribution is 5.33. The Kier molecular flexibility index (Phi) is 5.20. The molecular formula is C18H20F2N2O. The SMILES string of the molecule is FC(F)Oc1ccccc1CNC1CCNC1c1ccccc1. The topological polar surface area (TPSA) is 33.3 Å². The minimum Gasteiger partial charge on any atom is -0.434 e. The van der Waals surface area contributed by atoms with E-state index in [0.717, 1.165) is 18.5 Å². The van der Waals surface area contributed by atoms with E-state index in [1.54, 1.807) is 12.1 Å². The fraction of sp³-hybridized carbons (Fsp3) is 0.333. The Morgan fingerprint density at radius 3 is 2.61 bits per heavy atom. The molecule has 5 heteroatoms. The van der Waals surface area contributed by atoms with Crippen LogP contribution in [0.2, 0.25) is 0 Å². The molecule has 23 heavy (non-hydrogen) atoms. The van der Waals surface area contributed by atoms with Crippen LogP contribution in [0.25, 0.3) is 0 Å². The molecule has 0 spiro atoms. The Hall–Kier alpha value is -1.98. The Morgan fingerprint density at radius 1 is 1.09 bits per heavy atom. The number of rotatable bonds is 6. The number of nitrogens with one attached hydrogen (secondary N) is 2. The molecule has 0 aliphatic carbocycles. The zero-order valence-corrected chi connectivity index (χ0v) is 12.7. The van der Waals surface area contributed by atoms with Crippen LogP contribution in [0.4, 0.5) is 8.78 Å². The Bertz CT molecular complexity index is 621. The summed E-state index contributed by atoms with van der Waals surface area (Å²) in [5, 5.41) is 6.97. The molecule has 0 aromatic heterocycles. The van der Waals surface area contributed by atoms with Crippen molar-refractivity contribution < 1.29 is 13.5 Å². The van der Waals surface area contributed by atoms with Gasteiger partial charge in [0.2, 0.25) is 0 Å². The van der Waals surface area contributed by atoms with Gasteiger partial charge in [-0.2, -0.15) is 8.78 Å². The minimum absolute atomic E-state index is 0.234. The zero-order valence-electron chi connectivity index (χ0n) is 12.7. The average molecular weight is 318 g/mol. The van der Waals surface area contributed by atoms with Gasteiger partial charge in [-0.3, -0.25) is 0 Å². The molecule has 2 aromatic carbocycles. The first-order chi connectivity index (χ1) is 11.2. The van der Waals surface area contributed by atoms with Gasteiger partial charge in [0.1, 0.15) is 5.75 Å². The Labute approximate surface area is 134 Å². The van der Waals surface area contributed by atoms with Crippen LogP contribution in [0.15, 0.2) is 54.6 Å². The zero-order chi connectivity index (χ0) is 16.1. The highest BCUT2D eigenvalue weighted by atomic mass is 19.3. The number of ether oxygens (including phenoxy) is 1. The molecule has 1 aliphatic heterocycles. The molecule has 122 valence electrons. The Morgan fingerprint density at radius 2 is 1.83 bits per heavy atom. The summed E-state index contributed by atoms with van der Waals surface area (Å²) < 4.78 is 29.5. The third-order valence-corrected chi connectivity index (χ3v) is 4.12. The van der Waals surface area contributed by atoms with Crippen molar-refractivity contribution in [3.8, 4) is 5.75 Å². The molecular weight excluding hydrogens is 298 g/mol. The summed E-state index contributed by atoms with van der Waals surface area (Å²) in [6.45, 7) is -1.37. The minimum atomic E-state index is -2.80. The fourth-order valence-corrected chi connectivity index (χ4v) is 3.04.